The maximum absolute atomic E-state index is 12.1. The first kappa shape index (κ1) is 19.9. The van der Waals surface area contributed by atoms with Crippen LogP contribution in [0.2, 0.25) is 0 Å². The molecule has 3 N–H and O–H groups in total. The van der Waals surface area contributed by atoms with E-state index in [1.807, 2.05) is 44.4 Å². The number of nitrogens with zero attached hydrogens (tertiary/aromatic N) is 1. The van der Waals surface area contributed by atoms with Gasteiger partial charge < -0.3 is 20.7 Å². The molecule has 1 unspecified atom stereocenters. The van der Waals surface area contributed by atoms with Crippen LogP contribution in [0.25, 0.3) is 0 Å². The number of amides is 1. The van der Waals surface area contributed by atoms with Crippen LogP contribution in [0.4, 0.5) is 0 Å². The molecule has 0 aliphatic rings. The van der Waals surface area contributed by atoms with Gasteiger partial charge in [0.2, 0.25) is 5.91 Å². The minimum absolute atomic E-state index is 0. The first-order chi connectivity index (χ1) is 9.65. The third-order valence-electron chi connectivity index (χ3n) is 2.98. The van der Waals surface area contributed by atoms with Crippen molar-refractivity contribution in [2.45, 2.75) is 5.92 Å². The molecule has 1 aromatic rings. The molecule has 6 heteroatoms. The van der Waals surface area contributed by atoms with Gasteiger partial charge in [0, 0.05) is 19.6 Å². The van der Waals surface area contributed by atoms with Gasteiger partial charge in [-0.15, -0.1) is 12.4 Å². The van der Waals surface area contributed by atoms with E-state index in [9.17, 15) is 4.79 Å². The zero-order valence-corrected chi connectivity index (χ0v) is 13.6. The zero-order chi connectivity index (χ0) is 14.8. The van der Waals surface area contributed by atoms with E-state index in [-0.39, 0.29) is 24.2 Å². The number of carbonyl (C=O) groups is 1. The van der Waals surface area contributed by atoms with Crippen molar-refractivity contribution >= 4 is 18.3 Å². The summed E-state index contributed by atoms with van der Waals surface area (Å²) >= 11 is 0. The SMILES string of the molecule is CN(C)CCOCCNC(=O)C(CN)c1ccccc1.Cl. The average molecular weight is 316 g/mol. The van der Waals surface area contributed by atoms with E-state index in [4.69, 9.17) is 10.5 Å². The second-order valence-corrected chi connectivity index (χ2v) is 4.91. The summed E-state index contributed by atoms with van der Waals surface area (Å²) in [5.74, 6) is -0.340. The van der Waals surface area contributed by atoms with Gasteiger partial charge in [-0.1, -0.05) is 30.3 Å². The fourth-order valence-corrected chi connectivity index (χ4v) is 1.80. The van der Waals surface area contributed by atoms with Crippen LogP contribution in [0.1, 0.15) is 11.5 Å². The number of benzene rings is 1. The summed E-state index contributed by atoms with van der Waals surface area (Å²) in [5.41, 5.74) is 6.64. The van der Waals surface area contributed by atoms with Crippen molar-refractivity contribution < 1.29 is 9.53 Å². The molecule has 0 aromatic heterocycles. The number of nitrogens with two attached hydrogens (primary N) is 1. The van der Waals surface area contributed by atoms with Crippen LogP contribution >= 0.6 is 12.4 Å². The second-order valence-electron chi connectivity index (χ2n) is 4.91. The van der Waals surface area contributed by atoms with Crippen LogP contribution in [-0.2, 0) is 9.53 Å². The van der Waals surface area contributed by atoms with E-state index in [1.54, 1.807) is 0 Å². The zero-order valence-electron chi connectivity index (χ0n) is 12.7. The lowest BCUT2D eigenvalue weighted by Crippen LogP contribution is -2.35. The largest absolute Gasteiger partial charge is 0.378 e. The molecule has 1 rings (SSSR count). The van der Waals surface area contributed by atoms with Crippen molar-refractivity contribution in [2.75, 3.05) is 46.9 Å². The Bertz CT molecular complexity index is 388. The molecule has 1 atom stereocenters. The Morgan fingerprint density at radius 3 is 2.52 bits per heavy atom. The molecular weight excluding hydrogens is 290 g/mol. The molecule has 1 amide bonds. The van der Waals surface area contributed by atoms with Crippen LogP contribution in [0.3, 0.4) is 0 Å². The summed E-state index contributed by atoms with van der Waals surface area (Å²) in [6, 6.07) is 9.59. The van der Waals surface area contributed by atoms with E-state index in [0.717, 1.165) is 12.1 Å². The van der Waals surface area contributed by atoms with Gasteiger partial charge in [-0.3, -0.25) is 4.79 Å². The van der Waals surface area contributed by atoms with Gasteiger partial charge >= 0.3 is 0 Å². The van der Waals surface area contributed by atoms with Crippen molar-refractivity contribution in [2.24, 2.45) is 5.73 Å². The molecule has 0 heterocycles. The summed E-state index contributed by atoms with van der Waals surface area (Å²) in [4.78, 5) is 14.1. The van der Waals surface area contributed by atoms with Crippen LogP contribution in [-0.4, -0.2) is 57.8 Å². The molecule has 21 heavy (non-hydrogen) atoms. The molecule has 0 saturated carbocycles. The maximum atomic E-state index is 12.1. The first-order valence-corrected chi connectivity index (χ1v) is 6.90. The lowest BCUT2D eigenvalue weighted by molar-refractivity contribution is -0.122. The van der Waals surface area contributed by atoms with Crippen molar-refractivity contribution in [3.8, 4) is 0 Å². The fourth-order valence-electron chi connectivity index (χ4n) is 1.80. The predicted octanol–water partition coefficient (Wildman–Crippen LogP) is 0.845. The number of ether oxygens (including phenoxy) is 1. The minimum atomic E-state index is -0.294. The molecule has 0 fully saturated rings. The third kappa shape index (κ3) is 8.02. The molecular formula is C15H26ClN3O2. The van der Waals surface area contributed by atoms with Crippen molar-refractivity contribution in [1.29, 1.82) is 0 Å². The van der Waals surface area contributed by atoms with E-state index < -0.39 is 0 Å². The fraction of sp³-hybridized carbons (Fsp3) is 0.533. The van der Waals surface area contributed by atoms with E-state index in [1.165, 1.54) is 0 Å². The van der Waals surface area contributed by atoms with E-state index in [0.29, 0.717) is 26.3 Å². The van der Waals surface area contributed by atoms with Crippen molar-refractivity contribution in [1.82, 2.24) is 10.2 Å². The van der Waals surface area contributed by atoms with Crippen molar-refractivity contribution in [3.63, 3.8) is 0 Å². The standard InChI is InChI=1S/C15H25N3O2.ClH/c1-18(2)9-11-20-10-8-17-15(19)14(12-16)13-6-4-3-5-7-13;/h3-7,14H,8-12,16H2,1-2H3,(H,17,19);1H. The Morgan fingerprint density at radius 1 is 1.29 bits per heavy atom. The smallest absolute Gasteiger partial charge is 0.228 e. The number of nitrogens with one attached hydrogen (secondary N) is 1. The average Bonchev–Trinajstić information content (AvgIpc) is 2.44. The lowest BCUT2D eigenvalue weighted by atomic mass is 9.98. The van der Waals surface area contributed by atoms with Crippen LogP contribution < -0.4 is 11.1 Å². The van der Waals surface area contributed by atoms with E-state index >= 15 is 0 Å². The molecule has 0 radical (unpaired) electrons. The Labute approximate surface area is 133 Å². The van der Waals surface area contributed by atoms with Gasteiger partial charge in [0.15, 0.2) is 0 Å². The monoisotopic (exact) mass is 315 g/mol. The Hall–Kier alpha value is -1.14. The van der Waals surface area contributed by atoms with Gasteiger partial charge in [-0.05, 0) is 19.7 Å². The molecule has 5 nitrogen and oxygen atoms in total. The predicted molar refractivity (Wildman–Crippen MR) is 87.9 cm³/mol. The van der Waals surface area contributed by atoms with Gasteiger partial charge in [0.1, 0.15) is 0 Å². The van der Waals surface area contributed by atoms with Gasteiger partial charge in [-0.2, -0.15) is 0 Å². The highest BCUT2D eigenvalue weighted by atomic mass is 35.5. The summed E-state index contributed by atoms with van der Waals surface area (Å²) < 4.78 is 5.43. The van der Waals surface area contributed by atoms with Crippen molar-refractivity contribution in [3.05, 3.63) is 35.9 Å². The molecule has 120 valence electrons. The third-order valence-corrected chi connectivity index (χ3v) is 2.98. The molecule has 1 aromatic carbocycles. The number of carbonyl (C=O) groups excluding carboxylic acids is 1. The highest BCUT2D eigenvalue weighted by Gasteiger charge is 2.17. The number of likely N-dealkylation sites (N-methyl/N-ethyl adjacent to an activating group) is 1. The highest BCUT2D eigenvalue weighted by Crippen LogP contribution is 2.13. The molecule has 0 saturated heterocycles. The summed E-state index contributed by atoms with van der Waals surface area (Å²) in [6.45, 7) is 2.88. The number of hydrogen-bond donors (Lipinski definition) is 2. The highest BCUT2D eigenvalue weighted by molar-refractivity contribution is 5.85. The van der Waals surface area contributed by atoms with Crippen LogP contribution in [0, 0.1) is 0 Å². The van der Waals surface area contributed by atoms with Crippen LogP contribution in [0.5, 0.6) is 0 Å². The molecule has 0 aliphatic carbocycles. The number of hydrogen-bond acceptors (Lipinski definition) is 4. The summed E-state index contributed by atoms with van der Waals surface area (Å²) in [5, 5.41) is 2.86. The van der Waals surface area contributed by atoms with E-state index in [2.05, 4.69) is 10.2 Å². The minimum Gasteiger partial charge on any atom is -0.378 e. The van der Waals surface area contributed by atoms with Crippen LogP contribution in [0.15, 0.2) is 30.3 Å². The molecule has 0 spiro atoms. The van der Waals surface area contributed by atoms with Gasteiger partial charge in [0.25, 0.3) is 0 Å². The summed E-state index contributed by atoms with van der Waals surface area (Å²) in [7, 11) is 3.99. The van der Waals surface area contributed by atoms with Gasteiger partial charge in [-0.25, -0.2) is 0 Å². The number of rotatable bonds is 9. The second kappa shape index (κ2) is 11.5. The van der Waals surface area contributed by atoms with Gasteiger partial charge in [0.05, 0.1) is 19.1 Å². The summed E-state index contributed by atoms with van der Waals surface area (Å²) in [6.07, 6.45) is 0. The quantitative estimate of drug-likeness (QED) is 0.663. The maximum Gasteiger partial charge on any atom is 0.228 e. The topological polar surface area (TPSA) is 67.6 Å². The lowest BCUT2D eigenvalue weighted by Gasteiger charge is -2.15. The Morgan fingerprint density at radius 2 is 1.95 bits per heavy atom. The Kier molecular flexibility index (Phi) is 10.9. The molecule has 0 bridgehead atoms. The first-order valence-electron chi connectivity index (χ1n) is 6.90. The normalized spacial score (nSPS) is 11.8. The number of halogens is 1. The molecule has 0 aliphatic heterocycles. The Balaban J connectivity index is 0.00000400.